The lowest BCUT2D eigenvalue weighted by Gasteiger charge is -2.32. The maximum absolute atomic E-state index is 13.3. The van der Waals surface area contributed by atoms with E-state index in [1.54, 1.807) is 6.20 Å². The van der Waals surface area contributed by atoms with E-state index in [2.05, 4.69) is 15.3 Å². The third kappa shape index (κ3) is 3.34. The number of carbonyl (C=O) groups excluding carboxylic acids is 1. The largest absolute Gasteiger partial charge is 0.375 e. The standard InChI is InChI=1S/C18H15BFN3O2S/c19-18(5-1-2-6-25-18)16(24)23-17-22-10-14(26-17)11-3-4-12-9-21-15(20)8-13(12)7-11/h3-4,7-10H,1-2,5-6H2,(H,22,23,24). The lowest BCUT2D eigenvalue weighted by Crippen LogP contribution is -2.48. The summed E-state index contributed by atoms with van der Waals surface area (Å²) >= 11 is 1.33. The summed E-state index contributed by atoms with van der Waals surface area (Å²) in [5, 5.41) is 4.80. The van der Waals surface area contributed by atoms with Gasteiger partial charge in [0.1, 0.15) is 13.3 Å². The third-order valence-corrected chi connectivity index (χ3v) is 5.35. The Labute approximate surface area is 155 Å². The van der Waals surface area contributed by atoms with Gasteiger partial charge in [0.15, 0.2) is 5.13 Å². The summed E-state index contributed by atoms with van der Waals surface area (Å²) in [6.07, 6.45) is 5.42. The van der Waals surface area contributed by atoms with Gasteiger partial charge < -0.3 is 10.1 Å². The number of benzene rings is 1. The number of ether oxygens (including phenoxy) is 1. The van der Waals surface area contributed by atoms with Crippen molar-refractivity contribution in [3.63, 3.8) is 0 Å². The van der Waals surface area contributed by atoms with Crippen LogP contribution in [0.5, 0.6) is 0 Å². The fraction of sp³-hybridized carbons (Fsp3) is 0.278. The van der Waals surface area contributed by atoms with Crippen LogP contribution in [0.15, 0.2) is 36.7 Å². The van der Waals surface area contributed by atoms with Gasteiger partial charge in [0.25, 0.3) is 0 Å². The second-order valence-corrected chi connectivity index (χ2v) is 7.28. The number of carbonyl (C=O) groups is 1. The molecular weight excluding hydrogens is 352 g/mol. The molecule has 0 aliphatic carbocycles. The second kappa shape index (κ2) is 6.77. The zero-order chi connectivity index (χ0) is 18.1. The van der Waals surface area contributed by atoms with Crippen molar-refractivity contribution in [2.45, 2.75) is 24.8 Å². The van der Waals surface area contributed by atoms with Crippen LogP contribution in [-0.4, -0.2) is 35.8 Å². The van der Waals surface area contributed by atoms with E-state index in [1.807, 2.05) is 18.2 Å². The quantitative estimate of drug-likeness (QED) is 0.569. The molecule has 26 heavy (non-hydrogen) atoms. The molecule has 1 aliphatic heterocycles. The van der Waals surface area contributed by atoms with Crippen molar-refractivity contribution in [3.05, 3.63) is 42.6 Å². The molecule has 3 aromatic rings. The molecule has 2 aromatic heterocycles. The number of thiazole rings is 1. The van der Waals surface area contributed by atoms with Gasteiger partial charge in [-0.25, -0.2) is 9.97 Å². The highest BCUT2D eigenvalue weighted by molar-refractivity contribution is 7.19. The summed E-state index contributed by atoms with van der Waals surface area (Å²) in [5.41, 5.74) is -0.408. The van der Waals surface area contributed by atoms with E-state index in [0.29, 0.717) is 18.2 Å². The van der Waals surface area contributed by atoms with Crippen molar-refractivity contribution in [1.29, 1.82) is 0 Å². The molecule has 0 saturated carbocycles. The van der Waals surface area contributed by atoms with Crippen LogP contribution >= 0.6 is 11.3 Å². The minimum atomic E-state index is -1.29. The first-order valence-electron chi connectivity index (χ1n) is 8.29. The Bertz CT molecular complexity index is 972. The lowest BCUT2D eigenvalue weighted by atomic mass is 9.75. The Morgan fingerprint density at radius 3 is 2.92 bits per heavy atom. The molecule has 1 atom stereocenters. The van der Waals surface area contributed by atoms with Gasteiger partial charge in [-0.3, -0.25) is 4.79 Å². The van der Waals surface area contributed by atoms with Gasteiger partial charge in [-0.15, -0.1) is 0 Å². The summed E-state index contributed by atoms with van der Waals surface area (Å²) < 4.78 is 18.8. The van der Waals surface area contributed by atoms with Crippen molar-refractivity contribution in [2.75, 3.05) is 11.9 Å². The number of nitrogens with one attached hydrogen (secondary N) is 1. The molecule has 1 amide bonds. The Morgan fingerprint density at radius 2 is 2.12 bits per heavy atom. The van der Waals surface area contributed by atoms with Crippen LogP contribution in [0.25, 0.3) is 21.2 Å². The van der Waals surface area contributed by atoms with Crippen LogP contribution in [0.4, 0.5) is 9.52 Å². The van der Waals surface area contributed by atoms with E-state index in [-0.39, 0.29) is 5.91 Å². The van der Waals surface area contributed by atoms with E-state index in [4.69, 9.17) is 12.6 Å². The molecule has 4 rings (SSSR count). The number of nitrogens with zero attached hydrogens (tertiary/aromatic N) is 2. The number of halogens is 1. The summed E-state index contributed by atoms with van der Waals surface area (Å²) in [5.74, 6) is -0.905. The molecule has 8 heteroatoms. The van der Waals surface area contributed by atoms with Crippen molar-refractivity contribution >= 4 is 41.0 Å². The zero-order valence-corrected chi connectivity index (χ0v) is 14.7. The predicted octanol–water partition coefficient (Wildman–Crippen LogP) is 3.50. The number of hydrogen-bond donors (Lipinski definition) is 1. The van der Waals surface area contributed by atoms with Gasteiger partial charge in [0, 0.05) is 30.5 Å². The van der Waals surface area contributed by atoms with Crippen LogP contribution in [0, 0.1) is 5.95 Å². The SMILES string of the molecule is [B]C1(C(=O)Nc2ncc(-c3ccc4cnc(F)cc4c3)s2)CCCCO1. The lowest BCUT2D eigenvalue weighted by molar-refractivity contribution is -0.135. The molecule has 0 spiro atoms. The smallest absolute Gasteiger partial charge is 0.248 e. The monoisotopic (exact) mass is 367 g/mol. The molecule has 1 saturated heterocycles. The van der Waals surface area contributed by atoms with Gasteiger partial charge in [0.2, 0.25) is 11.9 Å². The molecule has 3 heterocycles. The molecule has 1 aliphatic rings. The second-order valence-electron chi connectivity index (χ2n) is 6.25. The van der Waals surface area contributed by atoms with E-state index in [0.717, 1.165) is 34.1 Å². The Hall–Kier alpha value is -2.32. The number of fused-ring (bicyclic) bond motifs is 1. The van der Waals surface area contributed by atoms with Crippen LogP contribution < -0.4 is 5.32 Å². The molecule has 1 N–H and O–H groups in total. The number of hydrogen-bond acceptors (Lipinski definition) is 5. The number of amides is 1. The van der Waals surface area contributed by atoms with Crippen molar-refractivity contribution in [2.24, 2.45) is 0 Å². The Balaban J connectivity index is 1.55. The summed E-state index contributed by atoms with van der Waals surface area (Å²) in [6.45, 7) is 0.482. The van der Waals surface area contributed by atoms with Gasteiger partial charge in [-0.05, 0) is 36.3 Å². The zero-order valence-electron chi connectivity index (χ0n) is 13.9. The maximum atomic E-state index is 13.3. The highest BCUT2D eigenvalue weighted by Crippen LogP contribution is 2.32. The highest BCUT2D eigenvalue weighted by Gasteiger charge is 2.35. The average Bonchev–Trinajstić information content (AvgIpc) is 3.10. The molecule has 130 valence electrons. The fourth-order valence-corrected chi connectivity index (χ4v) is 3.74. The van der Waals surface area contributed by atoms with Crippen LogP contribution in [0.3, 0.4) is 0 Å². The highest BCUT2D eigenvalue weighted by atomic mass is 32.1. The number of pyridine rings is 1. The Kier molecular flexibility index (Phi) is 4.46. The van der Waals surface area contributed by atoms with Crippen LogP contribution in [0.2, 0.25) is 0 Å². The topological polar surface area (TPSA) is 64.1 Å². The normalized spacial score (nSPS) is 20.2. The van der Waals surface area contributed by atoms with E-state index in [1.165, 1.54) is 23.6 Å². The van der Waals surface area contributed by atoms with Crippen LogP contribution in [0.1, 0.15) is 19.3 Å². The van der Waals surface area contributed by atoms with Gasteiger partial charge in [-0.1, -0.05) is 23.5 Å². The average molecular weight is 367 g/mol. The third-order valence-electron chi connectivity index (χ3n) is 4.39. The van der Waals surface area contributed by atoms with Crippen molar-refractivity contribution < 1.29 is 13.9 Å². The van der Waals surface area contributed by atoms with Crippen molar-refractivity contribution in [1.82, 2.24) is 9.97 Å². The van der Waals surface area contributed by atoms with E-state index >= 15 is 0 Å². The molecule has 1 fully saturated rings. The van der Waals surface area contributed by atoms with Gasteiger partial charge in [0.05, 0.1) is 4.88 Å². The predicted molar refractivity (Wildman–Crippen MR) is 99.7 cm³/mol. The first kappa shape index (κ1) is 17.1. The molecular formula is C18H15BFN3O2S. The maximum Gasteiger partial charge on any atom is 0.248 e. The van der Waals surface area contributed by atoms with E-state index in [9.17, 15) is 9.18 Å². The minimum absolute atomic E-state index is 0.384. The minimum Gasteiger partial charge on any atom is -0.375 e. The molecule has 1 unspecified atom stereocenters. The molecule has 2 radical (unpaired) electrons. The van der Waals surface area contributed by atoms with E-state index < -0.39 is 11.4 Å². The van der Waals surface area contributed by atoms with Gasteiger partial charge >= 0.3 is 0 Å². The number of rotatable bonds is 3. The summed E-state index contributed by atoms with van der Waals surface area (Å²) in [6, 6.07) is 7.05. The first-order valence-corrected chi connectivity index (χ1v) is 9.11. The number of anilines is 1. The van der Waals surface area contributed by atoms with Crippen LogP contribution in [-0.2, 0) is 9.53 Å². The van der Waals surface area contributed by atoms with Gasteiger partial charge in [-0.2, -0.15) is 4.39 Å². The molecule has 0 bridgehead atoms. The number of aromatic nitrogens is 2. The molecule has 1 aromatic carbocycles. The molecule has 5 nitrogen and oxygen atoms in total. The van der Waals surface area contributed by atoms with Crippen molar-refractivity contribution in [3.8, 4) is 10.4 Å². The first-order chi connectivity index (χ1) is 12.5. The fourth-order valence-electron chi connectivity index (χ4n) is 2.93. The Morgan fingerprint density at radius 1 is 1.23 bits per heavy atom. The summed E-state index contributed by atoms with van der Waals surface area (Å²) in [7, 11) is 6.05. The summed E-state index contributed by atoms with van der Waals surface area (Å²) in [4.78, 5) is 21.2.